The van der Waals surface area contributed by atoms with Gasteiger partial charge in [0.15, 0.2) is 0 Å². The van der Waals surface area contributed by atoms with E-state index in [1.807, 2.05) is 43.3 Å². The summed E-state index contributed by atoms with van der Waals surface area (Å²) in [5, 5.41) is 2.84. The number of hydrogen-bond acceptors (Lipinski definition) is 2. The Balaban J connectivity index is 1.98. The summed E-state index contributed by atoms with van der Waals surface area (Å²) < 4.78 is 6.45. The Morgan fingerprint density at radius 2 is 1.76 bits per heavy atom. The highest BCUT2D eigenvalue weighted by Gasteiger charge is 2.05. The van der Waals surface area contributed by atoms with Gasteiger partial charge in [-0.25, -0.2) is 0 Å². The molecular formula is C17H16BrNO2. The van der Waals surface area contributed by atoms with Crippen LogP contribution < -0.4 is 10.1 Å². The summed E-state index contributed by atoms with van der Waals surface area (Å²) in [6.45, 7) is 6.18. The van der Waals surface area contributed by atoms with Crippen molar-refractivity contribution in [2.75, 3.05) is 11.9 Å². The van der Waals surface area contributed by atoms with Gasteiger partial charge in [-0.05, 0) is 61.0 Å². The van der Waals surface area contributed by atoms with E-state index in [-0.39, 0.29) is 5.91 Å². The minimum Gasteiger partial charge on any atom is -0.489 e. The van der Waals surface area contributed by atoms with Gasteiger partial charge in [0, 0.05) is 15.7 Å². The highest BCUT2D eigenvalue weighted by atomic mass is 79.9. The number of hydrogen-bond donors (Lipinski definition) is 1. The van der Waals surface area contributed by atoms with Crippen LogP contribution >= 0.6 is 15.9 Å². The third-order valence-electron chi connectivity index (χ3n) is 2.70. The van der Waals surface area contributed by atoms with E-state index in [2.05, 4.69) is 27.8 Å². The van der Waals surface area contributed by atoms with Gasteiger partial charge in [-0.1, -0.05) is 22.5 Å². The van der Waals surface area contributed by atoms with Gasteiger partial charge in [-0.15, -0.1) is 0 Å². The van der Waals surface area contributed by atoms with Gasteiger partial charge in [0.25, 0.3) is 5.91 Å². The molecule has 108 valence electrons. The molecule has 0 radical (unpaired) electrons. The first kappa shape index (κ1) is 15.3. The van der Waals surface area contributed by atoms with Crippen LogP contribution in [0.5, 0.6) is 5.75 Å². The fraction of sp³-hybridized carbons (Fsp3) is 0.118. The minimum absolute atomic E-state index is 0.141. The van der Waals surface area contributed by atoms with Gasteiger partial charge in [0.1, 0.15) is 12.4 Å². The van der Waals surface area contributed by atoms with Crippen LogP contribution in [0.4, 0.5) is 5.69 Å². The van der Waals surface area contributed by atoms with Crippen LogP contribution in [0.1, 0.15) is 17.3 Å². The van der Waals surface area contributed by atoms with Crippen molar-refractivity contribution in [2.24, 2.45) is 0 Å². The van der Waals surface area contributed by atoms with E-state index in [1.165, 1.54) is 0 Å². The molecule has 0 spiro atoms. The SMILES string of the molecule is C=C(C)COc1ccc(NC(=O)c2ccc(Br)cc2)cc1. The van der Waals surface area contributed by atoms with Crippen molar-refractivity contribution in [1.82, 2.24) is 0 Å². The smallest absolute Gasteiger partial charge is 0.255 e. The molecule has 2 aromatic carbocycles. The van der Waals surface area contributed by atoms with E-state index in [9.17, 15) is 4.79 Å². The average molecular weight is 346 g/mol. The van der Waals surface area contributed by atoms with Gasteiger partial charge >= 0.3 is 0 Å². The van der Waals surface area contributed by atoms with Crippen molar-refractivity contribution in [3.8, 4) is 5.75 Å². The fourth-order valence-corrected chi connectivity index (χ4v) is 1.91. The molecule has 0 heterocycles. The molecule has 1 amide bonds. The average Bonchev–Trinajstić information content (AvgIpc) is 2.47. The molecule has 0 aliphatic heterocycles. The Hall–Kier alpha value is -2.07. The number of carbonyl (C=O) groups is 1. The maximum Gasteiger partial charge on any atom is 0.255 e. The standard InChI is InChI=1S/C17H16BrNO2/c1-12(2)11-21-16-9-7-15(8-10-16)19-17(20)13-3-5-14(18)6-4-13/h3-10H,1,11H2,2H3,(H,19,20). The van der Waals surface area contributed by atoms with Gasteiger partial charge in [0.2, 0.25) is 0 Å². The number of halogens is 1. The first-order valence-electron chi connectivity index (χ1n) is 6.49. The quantitative estimate of drug-likeness (QED) is 0.800. The third kappa shape index (κ3) is 4.76. The van der Waals surface area contributed by atoms with Crippen molar-refractivity contribution < 1.29 is 9.53 Å². The molecule has 0 atom stereocenters. The lowest BCUT2D eigenvalue weighted by Crippen LogP contribution is -2.11. The maximum atomic E-state index is 12.1. The van der Waals surface area contributed by atoms with Crippen LogP contribution in [0, 0.1) is 0 Å². The molecule has 2 aromatic rings. The Labute approximate surface area is 132 Å². The number of benzene rings is 2. The van der Waals surface area contributed by atoms with Crippen LogP contribution in [-0.2, 0) is 0 Å². The van der Waals surface area contributed by atoms with Crippen LogP contribution in [0.25, 0.3) is 0 Å². The highest BCUT2D eigenvalue weighted by molar-refractivity contribution is 9.10. The summed E-state index contributed by atoms with van der Waals surface area (Å²) in [6, 6.07) is 14.5. The molecule has 2 rings (SSSR count). The zero-order valence-electron chi connectivity index (χ0n) is 11.7. The molecule has 0 unspecified atom stereocenters. The number of anilines is 1. The largest absolute Gasteiger partial charge is 0.489 e. The van der Waals surface area contributed by atoms with Gasteiger partial charge in [-0.2, -0.15) is 0 Å². The van der Waals surface area contributed by atoms with E-state index in [0.29, 0.717) is 12.2 Å². The number of amides is 1. The molecule has 21 heavy (non-hydrogen) atoms. The van der Waals surface area contributed by atoms with Gasteiger partial charge in [-0.3, -0.25) is 4.79 Å². The Morgan fingerprint density at radius 1 is 1.14 bits per heavy atom. The number of nitrogens with one attached hydrogen (secondary N) is 1. The monoisotopic (exact) mass is 345 g/mol. The van der Waals surface area contributed by atoms with Crippen LogP contribution in [-0.4, -0.2) is 12.5 Å². The zero-order valence-corrected chi connectivity index (χ0v) is 13.3. The second-order valence-electron chi connectivity index (χ2n) is 4.73. The third-order valence-corrected chi connectivity index (χ3v) is 3.23. The van der Waals surface area contributed by atoms with Crippen LogP contribution in [0.15, 0.2) is 65.2 Å². The predicted octanol–water partition coefficient (Wildman–Crippen LogP) is 4.66. The Bertz CT molecular complexity index is 633. The molecule has 3 nitrogen and oxygen atoms in total. The number of carbonyl (C=O) groups excluding carboxylic acids is 1. The van der Waals surface area contributed by atoms with E-state index >= 15 is 0 Å². The molecule has 0 aliphatic rings. The number of rotatable bonds is 5. The van der Waals surface area contributed by atoms with E-state index in [4.69, 9.17) is 4.74 Å². The van der Waals surface area contributed by atoms with E-state index in [1.54, 1.807) is 12.1 Å². The molecule has 0 aromatic heterocycles. The number of ether oxygens (including phenoxy) is 1. The maximum absolute atomic E-state index is 12.1. The topological polar surface area (TPSA) is 38.3 Å². The van der Waals surface area contributed by atoms with Gasteiger partial charge in [0.05, 0.1) is 0 Å². The van der Waals surface area contributed by atoms with E-state index in [0.717, 1.165) is 21.5 Å². The zero-order chi connectivity index (χ0) is 15.2. The fourth-order valence-electron chi connectivity index (χ4n) is 1.65. The molecular weight excluding hydrogens is 330 g/mol. The highest BCUT2D eigenvalue weighted by Crippen LogP contribution is 2.17. The van der Waals surface area contributed by atoms with Crippen molar-refractivity contribution in [3.05, 3.63) is 70.7 Å². The summed E-state index contributed by atoms with van der Waals surface area (Å²) in [5.41, 5.74) is 2.30. The van der Waals surface area contributed by atoms with E-state index < -0.39 is 0 Å². The summed E-state index contributed by atoms with van der Waals surface area (Å²) >= 11 is 3.34. The van der Waals surface area contributed by atoms with Crippen LogP contribution in [0.2, 0.25) is 0 Å². The molecule has 0 saturated heterocycles. The lowest BCUT2D eigenvalue weighted by atomic mass is 10.2. The van der Waals surface area contributed by atoms with Crippen molar-refractivity contribution in [2.45, 2.75) is 6.92 Å². The van der Waals surface area contributed by atoms with Crippen molar-refractivity contribution in [1.29, 1.82) is 0 Å². The summed E-state index contributed by atoms with van der Waals surface area (Å²) in [5.74, 6) is 0.609. The summed E-state index contributed by atoms with van der Waals surface area (Å²) in [6.07, 6.45) is 0. The minimum atomic E-state index is -0.141. The molecule has 1 N–H and O–H groups in total. The van der Waals surface area contributed by atoms with Crippen molar-refractivity contribution in [3.63, 3.8) is 0 Å². The lowest BCUT2D eigenvalue weighted by molar-refractivity contribution is 0.102. The first-order chi connectivity index (χ1) is 10.0. The van der Waals surface area contributed by atoms with Crippen molar-refractivity contribution >= 4 is 27.5 Å². The second kappa shape index (κ2) is 7.09. The molecule has 0 bridgehead atoms. The Kier molecular flexibility index (Phi) is 5.17. The molecule has 4 heteroatoms. The summed E-state index contributed by atoms with van der Waals surface area (Å²) in [7, 11) is 0. The first-order valence-corrected chi connectivity index (χ1v) is 7.28. The summed E-state index contributed by atoms with van der Waals surface area (Å²) in [4.78, 5) is 12.1. The predicted molar refractivity (Wildman–Crippen MR) is 88.8 cm³/mol. The lowest BCUT2D eigenvalue weighted by Gasteiger charge is -2.08. The van der Waals surface area contributed by atoms with Crippen LogP contribution in [0.3, 0.4) is 0 Å². The second-order valence-corrected chi connectivity index (χ2v) is 5.65. The molecule has 0 fully saturated rings. The molecule has 0 saturated carbocycles. The van der Waals surface area contributed by atoms with Gasteiger partial charge < -0.3 is 10.1 Å². The molecule has 0 aliphatic carbocycles. The Morgan fingerprint density at radius 3 is 2.33 bits per heavy atom. The normalized spacial score (nSPS) is 10.0.